The van der Waals surface area contributed by atoms with Gasteiger partial charge < -0.3 is 14.2 Å². The Hall–Kier alpha value is -1.57. The lowest BCUT2D eigenvalue weighted by Gasteiger charge is -2.38. The highest BCUT2D eigenvalue weighted by atomic mass is 31.1. The summed E-state index contributed by atoms with van der Waals surface area (Å²) in [5.74, 6) is 3.16. The summed E-state index contributed by atoms with van der Waals surface area (Å²) in [7, 11) is 4.25. The minimum Gasteiger partial charge on any atom is -0.496 e. The number of aryl methyl sites for hydroxylation is 2. The maximum Gasteiger partial charge on any atom is 0.127 e. The van der Waals surface area contributed by atoms with Crippen molar-refractivity contribution in [3.8, 4) is 22.6 Å². The van der Waals surface area contributed by atoms with Crippen molar-refractivity contribution in [2.24, 2.45) is 5.92 Å². The Morgan fingerprint density at radius 3 is 1.97 bits per heavy atom. The first kappa shape index (κ1) is 29.0. The van der Waals surface area contributed by atoms with Gasteiger partial charge in [-0.1, -0.05) is 75.1 Å². The van der Waals surface area contributed by atoms with Crippen LogP contribution >= 0.6 is 8.58 Å². The van der Waals surface area contributed by atoms with Crippen LogP contribution in [-0.2, 0) is 17.6 Å². The van der Waals surface area contributed by atoms with Gasteiger partial charge in [-0.05, 0) is 83.5 Å². The van der Waals surface area contributed by atoms with Gasteiger partial charge in [0.05, 0.1) is 14.2 Å². The first-order valence-corrected chi connectivity index (χ1v) is 15.1. The SMILES string of the molecule is CCCc1cc(C(C)CC)cc(CCC)c1-c1c(OC)ccc(OC)c1PC(C)(C)C1CCOCC1. The van der Waals surface area contributed by atoms with Crippen molar-refractivity contribution >= 4 is 13.9 Å². The van der Waals surface area contributed by atoms with Crippen LogP contribution in [0, 0.1) is 5.92 Å². The summed E-state index contributed by atoms with van der Waals surface area (Å²) in [6.07, 6.45) is 7.82. The molecule has 0 amide bonds. The monoisotopic (exact) mass is 512 g/mol. The van der Waals surface area contributed by atoms with Gasteiger partial charge in [-0.2, -0.15) is 0 Å². The van der Waals surface area contributed by atoms with E-state index in [9.17, 15) is 0 Å². The van der Waals surface area contributed by atoms with Crippen LogP contribution in [0.2, 0.25) is 0 Å². The van der Waals surface area contributed by atoms with Crippen LogP contribution in [0.4, 0.5) is 0 Å². The van der Waals surface area contributed by atoms with Crippen molar-refractivity contribution in [2.75, 3.05) is 27.4 Å². The second kappa shape index (κ2) is 13.3. The molecule has 0 radical (unpaired) electrons. The number of hydrogen-bond donors (Lipinski definition) is 0. The van der Waals surface area contributed by atoms with Crippen LogP contribution in [0.1, 0.15) is 96.3 Å². The molecule has 36 heavy (non-hydrogen) atoms. The molecule has 4 heteroatoms. The highest BCUT2D eigenvalue weighted by molar-refractivity contribution is 7.49. The van der Waals surface area contributed by atoms with E-state index in [4.69, 9.17) is 14.2 Å². The van der Waals surface area contributed by atoms with Crippen LogP contribution in [0.25, 0.3) is 11.1 Å². The molecule has 0 aromatic heterocycles. The molecule has 0 N–H and O–H groups in total. The molecule has 2 atom stereocenters. The number of methoxy groups -OCH3 is 2. The minimum atomic E-state index is 0.157. The first-order valence-electron chi connectivity index (χ1n) is 14.1. The highest BCUT2D eigenvalue weighted by Gasteiger charge is 2.34. The topological polar surface area (TPSA) is 27.7 Å². The molecule has 0 aliphatic carbocycles. The lowest BCUT2D eigenvalue weighted by Crippen LogP contribution is -2.33. The van der Waals surface area contributed by atoms with Gasteiger partial charge in [-0.3, -0.25) is 0 Å². The lowest BCUT2D eigenvalue weighted by atomic mass is 9.84. The van der Waals surface area contributed by atoms with E-state index >= 15 is 0 Å². The second-order valence-electron chi connectivity index (χ2n) is 11.0. The lowest BCUT2D eigenvalue weighted by molar-refractivity contribution is 0.0573. The molecule has 0 spiro atoms. The zero-order valence-corrected chi connectivity index (χ0v) is 25.1. The van der Waals surface area contributed by atoms with Gasteiger partial charge in [-0.25, -0.2) is 0 Å². The van der Waals surface area contributed by atoms with Gasteiger partial charge in [0.15, 0.2) is 0 Å². The van der Waals surface area contributed by atoms with Gasteiger partial charge in [0, 0.05) is 24.1 Å². The predicted molar refractivity (Wildman–Crippen MR) is 157 cm³/mol. The molecule has 1 aliphatic heterocycles. The summed E-state index contributed by atoms with van der Waals surface area (Å²) in [5.41, 5.74) is 7.05. The smallest absolute Gasteiger partial charge is 0.127 e. The molecule has 2 unspecified atom stereocenters. The summed E-state index contributed by atoms with van der Waals surface area (Å²) in [4.78, 5) is 0. The van der Waals surface area contributed by atoms with Gasteiger partial charge in [-0.15, -0.1) is 0 Å². The number of ether oxygens (including phenoxy) is 3. The maximum atomic E-state index is 6.09. The van der Waals surface area contributed by atoms with E-state index in [0.717, 1.165) is 69.7 Å². The van der Waals surface area contributed by atoms with Crippen molar-refractivity contribution in [3.63, 3.8) is 0 Å². The molecule has 3 rings (SSSR count). The van der Waals surface area contributed by atoms with Crippen LogP contribution in [0.15, 0.2) is 24.3 Å². The third kappa shape index (κ3) is 6.46. The van der Waals surface area contributed by atoms with Crippen LogP contribution in [0.5, 0.6) is 11.5 Å². The van der Waals surface area contributed by atoms with Crippen LogP contribution < -0.4 is 14.8 Å². The number of benzene rings is 2. The Balaban J connectivity index is 2.29. The average Bonchev–Trinajstić information content (AvgIpc) is 2.89. The van der Waals surface area contributed by atoms with E-state index in [-0.39, 0.29) is 5.16 Å². The molecular formula is C32H49O3P. The average molecular weight is 513 g/mol. The quantitative estimate of drug-likeness (QED) is 0.268. The molecule has 2 aromatic rings. The Morgan fingerprint density at radius 1 is 0.917 bits per heavy atom. The zero-order chi connectivity index (χ0) is 26.3. The second-order valence-corrected chi connectivity index (χ2v) is 13.0. The fraction of sp³-hybridized carbons (Fsp3) is 0.625. The third-order valence-corrected chi connectivity index (χ3v) is 9.85. The highest BCUT2D eigenvalue weighted by Crippen LogP contribution is 2.48. The molecule has 1 fully saturated rings. The Kier molecular flexibility index (Phi) is 10.7. The first-order chi connectivity index (χ1) is 17.3. The zero-order valence-electron chi connectivity index (χ0n) is 24.1. The van der Waals surface area contributed by atoms with Crippen molar-refractivity contribution in [2.45, 2.75) is 97.6 Å². The largest absolute Gasteiger partial charge is 0.496 e. The fourth-order valence-electron chi connectivity index (χ4n) is 5.69. The van der Waals surface area contributed by atoms with Gasteiger partial charge in [0.1, 0.15) is 11.5 Å². The molecule has 0 bridgehead atoms. The molecule has 1 saturated heterocycles. The standard InChI is InChI=1S/C32H49O3P/c1-9-12-23-20-25(22(4)11-3)21-24(13-10-2)29(23)30-27(33-7)14-15-28(34-8)31(30)36-32(5,6)26-16-18-35-19-17-26/h14-15,20-22,26,36H,9-13,16-19H2,1-8H3. The van der Waals surface area contributed by atoms with Crippen molar-refractivity contribution < 1.29 is 14.2 Å². The van der Waals surface area contributed by atoms with Crippen LogP contribution in [-0.4, -0.2) is 32.6 Å². The molecule has 3 nitrogen and oxygen atoms in total. The van der Waals surface area contributed by atoms with Crippen molar-refractivity contribution in [1.29, 1.82) is 0 Å². The molecule has 0 saturated carbocycles. The molecule has 1 heterocycles. The van der Waals surface area contributed by atoms with E-state index in [0.29, 0.717) is 20.4 Å². The summed E-state index contributed by atoms with van der Waals surface area (Å²) in [6.45, 7) is 15.9. The summed E-state index contributed by atoms with van der Waals surface area (Å²) in [5, 5.41) is 1.48. The summed E-state index contributed by atoms with van der Waals surface area (Å²) >= 11 is 0. The molecule has 2 aromatic carbocycles. The maximum absolute atomic E-state index is 6.09. The molecular weight excluding hydrogens is 463 g/mol. The van der Waals surface area contributed by atoms with E-state index < -0.39 is 0 Å². The fourth-order valence-corrected chi connectivity index (χ4v) is 7.51. The van der Waals surface area contributed by atoms with Crippen molar-refractivity contribution in [3.05, 3.63) is 41.0 Å². The minimum absolute atomic E-state index is 0.157. The van der Waals surface area contributed by atoms with Crippen LogP contribution in [0.3, 0.4) is 0 Å². The number of rotatable bonds is 12. The third-order valence-electron chi connectivity index (χ3n) is 8.05. The van der Waals surface area contributed by atoms with Gasteiger partial charge >= 0.3 is 0 Å². The Bertz CT molecular complexity index is 964. The number of hydrogen-bond acceptors (Lipinski definition) is 3. The molecule has 1 aliphatic rings. The van der Waals surface area contributed by atoms with Gasteiger partial charge in [0.25, 0.3) is 0 Å². The van der Waals surface area contributed by atoms with Gasteiger partial charge in [0.2, 0.25) is 0 Å². The Morgan fingerprint density at radius 2 is 1.47 bits per heavy atom. The molecule has 200 valence electrons. The summed E-state index contributed by atoms with van der Waals surface area (Å²) in [6, 6.07) is 9.19. The van der Waals surface area contributed by atoms with E-state index in [2.05, 4.69) is 65.8 Å². The summed E-state index contributed by atoms with van der Waals surface area (Å²) < 4.78 is 17.8. The predicted octanol–water partition coefficient (Wildman–Crippen LogP) is 8.30. The Labute approximate surface area is 222 Å². The van der Waals surface area contributed by atoms with E-state index in [1.54, 1.807) is 0 Å². The van der Waals surface area contributed by atoms with Crippen molar-refractivity contribution in [1.82, 2.24) is 0 Å². The van der Waals surface area contributed by atoms with E-state index in [1.807, 2.05) is 14.2 Å². The van der Waals surface area contributed by atoms with E-state index in [1.165, 1.54) is 33.1 Å². The normalized spacial score (nSPS) is 16.0.